The molecule has 0 aromatic carbocycles. The lowest BCUT2D eigenvalue weighted by Gasteiger charge is -2.23. The summed E-state index contributed by atoms with van der Waals surface area (Å²) in [5.41, 5.74) is 0.194. The molecule has 1 aliphatic heterocycles. The van der Waals surface area contributed by atoms with Crippen molar-refractivity contribution in [3.63, 3.8) is 0 Å². The summed E-state index contributed by atoms with van der Waals surface area (Å²) in [6.07, 6.45) is 3.43. The van der Waals surface area contributed by atoms with E-state index in [9.17, 15) is 9.90 Å². The number of piperidine rings is 1. The van der Waals surface area contributed by atoms with Crippen molar-refractivity contribution < 1.29 is 9.90 Å². The van der Waals surface area contributed by atoms with E-state index in [1.165, 1.54) is 12.3 Å². The van der Waals surface area contributed by atoms with Crippen molar-refractivity contribution in [3.05, 3.63) is 23.0 Å². The van der Waals surface area contributed by atoms with Crippen molar-refractivity contribution in [3.8, 4) is 5.75 Å². The van der Waals surface area contributed by atoms with Crippen LogP contribution in [0.5, 0.6) is 5.75 Å². The van der Waals surface area contributed by atoms with Gasteiger partial charge in [0.15, 0.2) is 0 Å². The van der Waals surface area contributed by atoms with Gasteiger partial charge in [0, 0.05) is 18.2 Å². The summed E-state index contributed by atoms with van der Waals surface area (Å²) in [7, 11) is 0. The second kappa shape index (κ2) is 4.40. The second-order valence-corrected chi connectivity index (χ2v) is 5.36. The Balaban J connectivity index is 1.69. The first kappa shape index (κ1) is 11.7. The summed E-state index contributed by atoms with van der Waals surface area (Å²) in [6.45, 7) is 1.05. The predicted octanol–water partition coefficient (Wildman–Crippen LogP) is 0.921. The van der Waals surface area contributed by atoms with Gasteiger partial charge in [-0.05, 0) is 25.3 Å². The van der Waals surface area contributed by atoms with Crippen LogP contribution in [0.15, 0.2) is 12.3 Å². The molecule has 0 spiro atoms. The molecule has 2 aliphatic rings. The molecular formula is C12H14ClN3O2. The number of nitrogens with one attached hydrogen (secondary N) is 2. The van der Waals surface area contributed by atoms with Crippen LogP contribution in [0.4, 0.5) is 0 Å². The molecule has 18 heavy (non-hydrogen) atoms. The lowest BCUT2D eigenvalue weighted by molar-refractivity contribution is 0.0923. The van der Waals surface area contributed by atoms with Gasteiger partial charge >= 0.3 is 0 Å². The molecule has 0 radical (unpaired) electrons. The van der Waals surface area contributed by atoms with Crippen LogP contribution >= 0.6 is 11.6 Å². The molecule has 1 saturated heterocycles. The fraction of sp³-hybridized carbons (Fsp3) is 0.500. The maximum Gasteiger partial charge on any atom is 0.270 e. The molecule has 96 valence electrons. The van der Waals surface area contributed by atoms with Crippen LogP contribution in [0.3, 0.4) is 0 Å². The third-order valence-corrected chi connectivity index (χ3v) is 4.00. The van der Waals surface area contributed by atoms with Gasteiger partial charge in [0.1, 0.15) is 16.5 Å². The number of aromatic nitrogens is 1. The Bertz CT molecular complexity index is 494. The number of pyridine rings is 1. The Labute approximate surface area is 110 Å². The Morgan fingerprint density at radius 2 is 2.39 bits per heavy atom. The fourth-order valence-corrected chi connectivity index (χ4v) is 2.91. The van der Waals surface area contributed by atoms with E-state index in [0.717, 1.165) is 19.4 Å². The van der Waals surface area contributed by atoms with Gasteiger partial charge in [-0.25, -0.2) is 4.98 Å². The highest BCUT2D eigenvalue weighted by atomic mass is 35.5. The fourth-order valence-electron chi connectivity index (χ4n) is 2.81. The number of halogens is 1. The van der Waals surface area contributed by atoms with Crippen molar-refractivity contribution >= 4 is 17.5 Å². The molecule has 1 aliphatic carbocycles. The average molecular weight is 268 g/mol. The first-order valence-corrected chi connectivity index (χ1v) is 6.40. The van der Waals surface area contributed by atoms with Gasteiger partial charge in [-0.15, -0.1) is 0 Å². The molecule has 1 aromatic heterocycles. The number of aromatic hydroxyl groups is 1. The van der Waals surface area contributed by atoms with Gasteiger partial charge in [-0.2, -0.15) is 0 Å². The topological polar surface area (TPSA) is 74.2 Å². The van der Waals surface area contributed by atoms with Crippen LogP contribution in [0.2, 0.25) is 5.02 Å². The molecule has 1 amide bonds. The first-order chi connectivity index (χ1) is 8.63. The van der Waals surface area contributed by atoms with E-state index >= 15 is 0 Å². The SMILES string of the molecule is O=C(NC1CC2CNC1C2)c1cc(O)c(Cl)cn1. The van der Waals surface area contributed by atoms with Crippen molar-refractivity contribution in [1.82, 2.24) is 15.6 Å². The number of hydrogen-bond donors (Lipinski definition) is 3. The van der Waals surface area contributed by atoms with Gasteiger partial charge in [-0.1, -0.05) is 11.6 Å². The molecule has 2 heterocycles. The maximum absolute atomic E-state index is 12.0. The molecule has 1 aromatic rings. The summed E-state index contributed by atoms with van der Waals surface area (Å²) in [5.74, 6) is 0.288. The number of fused-ring (bicyclic) bond motifs is 2. The number of hydrogen-bond acceptors (Lipinski definition) is 4. The highest BCUT2D eigenvalue weighted by molar-refractivity contribution is 6.31. The van der Waals surface area contributed by atoms with E-state index in [2.05, 4.69) is 15.6 Å². The van der Waals surface area contributed by atoms with Gasteiger partial charge in [-0.3, -0.25) is 4.79 Å². The highest BCUT2D eigenvalue weighted by Crippen LogP contribution is 2.31. The molecule has 2 fully saturated rings. The van der Waals surface area contributed by atoms with Crippen molar-refractivity contribution in [2.45, 2.75) is 24.9 Å². The normalized spacial score (nSPS) is 29.5. The van der Waals surface area contributed by atoms with Gasteiger partial charge in [0.2, 0.25) is 0 Å². The van der Waals surface area contributed by atoms with Crippen LogP contribution in [-0.4, -0.2) is 34.6 Å². The average Bonchev–Trinajstić information content (AvgIpc) is 2.94. The minimum atomic E-state index is -0.263. The Morgan fingerprint density at radius 3 is 3.00 bits per heavy atom. The molecule has 6 heteroatoms. The number of nitrogens with zero attached hydrogens (tertiary/aromatic N) is 1. The third-order valence-electron chi connectivity index (χ3n) is 3.71. The lowest BCUT2D eigenvalue weighted by atomic mass is 10.1. The molecule has 3 N–H and O–H groups in total. The van der Waals surface area contributed by atoms with E-state index in [-0.39, 0.29) is 28.4 Å². The number of rotatable bonds is 2. The summed E-state index contributed by atoms with van der Waals surface area (Å²) in [5, 5.41) is 15.9. The van der Waals surface area contributed by atoms with Crippen LogP contribution in [0.1, 0.15) is 23.3 Å². The zero-order chi connectivity index (χ0) is 12.7. The van der Waals surface area contributed by atoms with Crippen molar-refractivity contribution in [2.75, 3.05) is 6.54 Å². The summed E-state index contributed by atoms with van der Waals surface area (Å²) >= 11 is 5.65. The smallest absolute Gasteiger partial charge is 0.270 e. The number of amides is 1. The van der Waals surface area contributed by atoms with Crippen LogP contribution in [0.25, 0.3) is 0 Å². The van der Waals surface area contributed by atoms with Crippen LogP contribution in [0, 0.1) is 5.92 Å². The zero-order valence-corrected chi connectivity index (χ0v) is 10.4. The number of carbonyl (C=O) groups excluding carboxylic acids is 1. The Morgan fingerprint density at radius 1 is 1.56 bits per heavy atom. The van der Waals surface area contributed by atoms with E-state index in [1.54, 1.807) is 0 Å². The summed E-state index contributed by atoms with van der Waals surface area (Å²) in [6, 6.07) is 1.83. The van der Waals surface area contributed by atoms with E-state index in [1.807, 2.05) is 0 Å². The minimum Gasteiger partial charge on any atom is -0.506 e. The highest BCUT2D eigenvalue weighted by Gasteiger charge is 2.40. The van der Waals surface area contributed by atoms with Gasteiger partial charge in [0.25, 0.3) is 5.91 Å². The molecule has 1 saturated carbocycles. The Hall–Kier alpha value is -1.33. The van der Waals surface area contributed by atoms with Crippen molar-refractivity contribution in [1.29, 1.82) is 0 Å². The maximum atomic E-state index is 12.0. The van der Waals surface area contributed by atoms with E-state index in [0.29, 0.717) is 12.0 Å². The summed E-state index contributed by atoms with van der Waals surface area (Å²) in [4.78, 5) is 15.9. The predicted molar refractivity (Wildman–Crippen MR) is 66.7 cm³/mol. The van der Waals surface area contributed by atoms with Crippen LogP contribution in [-0.2, 0) is 0 Å². The van der Waals surface area contributed by atoms with E-state index in [4.69, 9.17) is 11.6 Å². The quantitative estimate of drug-likeness (QED) is 0.745. The molecule has 5 nitrogen and oxygen atoms in total. The first-order valence-electron chi connectivity index (χ1n) is 6.02. The molecule has 3 atom stereocenters. The van der Waals surface area contributed by atoms with Gasteiger partial charge < -0.3 is 15.7 Å². The Kier molecular flexibility index (Phi) is 2.87. The monoisotopic (exact) mass is 267 g/mol. The summed E-state index contributed by atoms with van der Waals surface area (Å²) < 4.78 is 0. The largest absolute Gasteiger partial charge is 0.506 e. The number of carbonyl (C=O) groups is 1. The molecule has 3 rings (SSSR count). The lowest BCUT2D eigenvalue weighted by Crippen LogP contribution is -2.48. The standard InChI is InChI=1S/C12H14ClN3O2/c13-7-5-15-10(3-11(7)17)12(18)16-9-2-6-1-8(9)14-4-6/h3,5-6,8-9,14H,1-2,4H2,(H,15,17)(H,16,18). The van der Waals surface area contributed by atoms with Crippen LogP contribution < -0.4 is 10.6 Å². The third kappa shape index (κ3) is 2.04. The molecule has 3 unspecified atom stereocenters. The van der Waals surface area contributed by atoms with Gasteiger partial charge in [0.05, 0.1) is 6.20 Å². The van der Waals surface area contributed by atoms with E-state index < -0.39 is 0 Å². The molecular weight excluding hydrogens is 254 g/mol. The zero-order valence-electron chi connectivity index (χ0n) is 9.69. The minimum absolute atomic E-state index is 0.122. The molecule has 2 bridgehead atoms. The second-order valence-electron chi connectivity index (χ2n) is 4.95. The van der Waals surface area contributed by atoms with Crippen molar-refractivity contribution in [2.24, 2.45) is 5.92 Å².